The summed E-state index contributed by atoms with van der Waals surface area (Å²) in [5.41, 5.74) is 4.50. The van der Waals surface area contributed by atoms with Crippen molar-refractivity contribution in [2.24, 2.45) is 0 Å². The van der Waals surface area contributed by atoms with Gasteiger partial charge in [-0.1, -0.05) is 12.1 Å². The number of nitrogens with zero attached hydrogens (tertiary/aromatic N) is 4. The van der Waals surface area contributed by atoms with Gasteiger partial charge in [0.05, 0.1) is 25.3 Å². The normalized spacial score (nSPS) is 13.9. The molecular formula is C26H10F2N4. The highest BCUT2D eigenvalue weighted by molar-refractivity contribution is 5.92. The predicted octanol–water partition coefficient (Wildman–Crippen LogP) is 4.21. The number of hydrogen-bond acceptors (Lipinski definition) is 2. The Hall–Kier alpha value is -4.78. The van der Waals surface area contributed by atoms with Crippen LogP contribution in [0, 0.1) is 47.4 Å². The van der Waals surface area contributed by atoms with E-state index in [0.717, 1.165) is 11.1 Å². The molecule has 32 heavy (non-hydrogen) atoms. The molecule has 0 radical (unpaired) electrons. The number of fused-ring (bicyclic) bond motifs is 6. The third-order valence-electron chi connectivity index (χ3n) is 6.03. The van der Waals surface area contributed by atoms with Crippen LogP contribution in [-0.4, -0.2) is 0 Å². The number of benzene rings is 3. The monoisotopic (exact) mass is 416 g/mol. The molecule has 0 saturated carbocycles. The van der Waals surface area contributed by atoms with Crippen molar-refractivity contribution in [3.63, 3.8) is 0 Å². The van der Waals surface area contributed by atoms with Crippen LogP contribution in [0.5, 0.6) is 0 Å². The summed E-state index contributed by atoms with van der Waals surface area (Å²) in [5.74, 6) is -0.933. The van der Waals surface area contributed by atoms with Gasteiger partial charge in [-0.2, -0.15) is 0 Å². The van der Waals surface area contributed by atoms with E-state index >= 15 is 0 Å². The van der Waals surface area contributed by atoms with Crippen molar-refractivity contribution in [3.05, 3.63) is 104 Å². The first-order valence-corrected chi connectivity index (χ1v) is 9.61. The highest BCUT2D eigenvalue weighted by Gasteiger charge is 2.32. The van der Waals surface area contributed by atoms with Crippen LogP contribution in [-0.2, 0) is 12.8 Å². The van der Waals surface area contributed by atoms with Crippen molar-refractivity contribution in [2.75, 3.05) is 0 Å². The van der Waals surface area contributed by atoms with E-state index in [2.05, 4.69) is 9.69 Å². The van der Waals surface area contributed by atoms with Crippen molar-refractivity contribution in [2.45, 2.75) is 12.8 Å². The van der Waals surface area contributed by atoms with Gasteiger partial charge in [-0.25, -0.2) is 29.0 Å². The van der Waals surface area contributed by atoms with Gasteiger partial charge in [0.15, 0.2) is 0 Å². The molecule has 0 heterocycles. The zero-order valence-electron chi connectivity index (χ0n) is 16.4. The van der Waals surface area contributed by atoms with Crippen molar-refractivity contribution in [1.29, 1.82) is 10.5 Å². The molecule has 148 valence electrons. The minimum atomic E-state index is -0.467. The van der Waals surface area contributed by atoms with E-state index in [1.807, 2.05) is 12.1 Å². The molecule has 0 atom stereocenters. The summed E-state index contributed by atoms with van der Waals surface area (Å²) >= 11 is 0. The summed E-state index contributed by atoms with van der Waals surface area (Å²) in [4.78, 5) is 6.86. The number of hydrogen-bond donors (Lipinski definition) is 0. The van der Waals surface area contributed by atoms with E-state index < -0.39 is 11.6 Å². The quantitative estimate of drug-likeness (QED) is 0.355. The molecule has 0 aromatic heterocycles. The van der Waals surface area contributed by atoms with Gasteiger partial charge in [-0.3, -0.25) is 0 Å². The summed E-state index contributed by atoms with van der Waals surface area (Å²) in [6, 6.07) is 12.5. The average molecular weight is 416 g/mol. The largest absolute Gasteiger partial charge is 0.269 e. The maximum absolute atomic E-state index is 14.2. The molecular weight excluding hydrogens is 406 g/mol. The molecule has 0 N–H and O–H groups in total. The lowest BCUT2D eigenvalue weighted by molar-refractivity contribution is 0.627. The highest BCUT2D eigenvalue weighted by Crippen LogP contribution is 2.40. The third kappa shape index (κ3) is 2.48. The van der Waals surface area contributed by atoms with Crippen molar-refractivity contribution in [1.82, 2.24) is 0 Å². The molecule has 5 rings (SSSR count). The Morgan fingerprint density at radius 2 is 1.16 bits per heavy atom. The summed E-state index contributed by atoms with van der Waals surface area (Å²) in [7, 11) is 0. The molecule has 2 aliphatic rings. The Bertz CT molecular complexity index is 1530. The predicted molar refractivity (Wildman–Crippen MR) is 113 cm³/mol. The van der Waals surface area contributed by atoms with E-state index in [1.165, 1.54) is 24.3 Å². The van der Waals surface area contributed by atoms with Crippen LogP contribution < -0.4 is 10.4 Å². The van der Waals surface area contributed by atoms with E-state index in [9.17, 15) is 19.3 Å². The maximum atomic E-state index is 14.2. The van der Waals surface area contributed by atoms with Crippen LogP contribution >= 0.6 is 0 Å². The summed E-state index contributed by atoms with van der Waals surface area (Å²) in [5, 5.41) is 20.2. The Kier molecular flexibility index (Phi) is 4.13. The van der Waals surface area contributed by atoms with Crippen LogP contribution in [0.25, 0.3) is 43.3 Å². The minimum absolute atomic E-state index is 0.157. The molecule has 6 heteroatoms. The summed E-state index contributed by atoms with van der Waals surface area (Å²) in [6.45, 7) is 15.2. The van der Waals surface area contributed by atoms with Crippen molar-refractivity contribution >= 4 is 11.4 Å². The van der Waals surface area contributed by atoms with Crippen molar-refractivity contribution < 1.29 is 8.78 Å². The number of halogens is 2. The molecule has 2 aliphatic carbocycles. The zero-order chi connectivity index (χ0) is 22.6. The maximum Gasteiger partial charge on any atom is 0.269 e. The lowest BCUT2D eigenvalue weighted by atomic mass is 9.90. The Balaban J connectivity index is 2.14. The number of rotatable bonds is 0. The van der Waals surface area contributed by atoms with Gasteiger partial charge < -0.3 is 0 Å². The van der Waals surface area contributed by atoms with Gasteiger partial charge >= 0.3 is 0 Å². The van der Waals surface area contributed by atoms with Gasteiger partial charge in [0.2, 0.25) is 0 Å². The highest BCUT2D eigenvalue weighted by atomic mass is 19.1. The second-order valence-electron chi connectivity index (χ2n) is 7.56. The van der Waals surface area contributed by atoms with Gasteiger partial charge in [-0.15, -0.1) is 0 Å². The van der Waals surface area contributed by atoms with Gasteiger partial charge in [0, 0.05) is 10.4 Å². The van der Waals surface area contributed by atoms with E-state index in [0.29, 0.717) is 56.7 Å². The van der Waals surface area contributed by atoms with E-state index in [1.54, 1.807) is 12.1 Å². The fourth-order valence-electron chi connectivity index (χ4n) is 4.85. The van der Waals surface area contributed by atoms with Crippen LogP contribution in [0.2, 0.25) is 0 Å². The fraction of sp³-hybridized carbons (Fsp3) is 0.0769. The lowest BCUT2D eigenvalue weighted by Gasteiger charge is -2.13. The van der Waals surface area contributed by atoms with Gasteiger partial charge in [-0.05, 0) is 81.6 Å². The Morgan fingerprint density at radius 3 is 1.50 bits per heavy atom. The molecule has 0 spiro atoms. The lowest BCUT2D eigenvalue weighted by Crippen LogP contribution is -2.25. The minimum Gasteiger partial charge on any atom is -0.226 e. The first-order chi connectivity index (χ1) is 15.5. The average Bonchev–Trinajstić information content (AvgIpc) is 3.34. The van der Waals surface area contributed by atoms with Crippen molar-refractivity contribution in [3.8, 4) is 34.4 Å². The van der Waals surface area contributed by atoms with Crippen LogP contribution in [0.4, 0.5) is 8.78 Å². The van der Waals surface area contributed by atoms with Crippen LogP contribution in [0.3, 0.4) is 0 Å². The van der Waals surface area contributed by atoms with Gasteiger partial charge in [0.25, 0.3) is 11.4 Å². The topological polar surface area (TPSA) is 56.3 Å². The molecule has 0 amide bonds. The Labute approximate surface area is 181 Å². The van der Waals surface area contributed by atoms with E-state index in [4.69, 9.17) is 13.1 Å². The molecule has 0 bridgehead atoms. The Morgan fingerprint density at radius 1 is 0.750 bits per heavy atom. The molecule has 0 unspecified atom stereocenters. The fourth-order valence-corrected chi connectivity index (χ4v) is 4.85. The molecule has 0 saturated heterocycles. The SMILES string of the molecule is [C-]#[N+]/C(C#N)=c1/c2c(/c(=C(\C#N)[N+]#[C-])c3c1-c1cc(F)ccc1C3)-c1cc(F)ccc1C2. The second-order valence-corrected chi connectivity index (χ2v) is 7.56. The van der Waals surface area contributed by atoms with Gasteiger partial charge in [0.1, 0.15) is 11.6 Å². The molecule has 3 aromatic rings. The second kappa shape index (κ2) is 6.88. The smallest absolute Gasteiger partial charge is 0.226 e. The summed E-state index contributed by atoms with van der Waals surface area (Å²) < 4.78 is 28.4. The number of nitriles is 2. The molecule has 4 nitrogen and oxygen atoms in total. The van der Waals surface area contributed by atoms with E-state index in [-0.39, 0.29) is 11.4 Å². The first kappa shape index (κ1) is 19.2. The van der Waals surface area contributed by atoms with Crippen LogP contribution in [0.15, 0.2) is 36.4 Å². The molecule has 0 fully saturated rings. The van der Waals surface area contributed by atoms with Crippen LogP contribution in [0.1, 0.15) is 22.3 Å². The molecule has 3 aromatic carbocycles. The first-order valence-electron chi connectivity index (χ1n) is 9.61. The third-order valence-corrected chi connectivity index (χ3v) is 6.03. The zero-order valence-corrected chi connectivity index (χ0v) is 16.4. The standard InChI is InChI=1S/C26H10F2N4/c1-31-21(11-29)25-19-7-13-3-5-16(28)10-18(13)24(19)26(22(12-30)32-2)20-8-14-4-6-15(27)9-17(14)23(20)25/h3-6,9-10H,7-8H2/b25-21-,26-22+. The summed E-state index contributed by atoms with van der Waals surface area (Å²) in [6.07, 6.45) is 0.616. The molecule has 0 aliphatic heterocycles.